The van der Waals surface area contributed by atoms with Gasteiger partial charge in [-0.1, -0.05) is 6.92 Å². The molecule has 0 radical (unpaired) electrons. The van der Waals surface area contributed by atoms with Gasteiger partial charge in [0.15, 0.2) is 5.34 Å². The van der Waals surface area contributed by atoms with Crippen molar-refractivity contribution in [1.82, 2.24) is 0 Å². The van der Waals surface area contributed by atoms with Crippen LogP contribution in [0.2, 0.25) is 0 Å². The van der Waals surface area contributed by atoms with Crippen LogP contribution in [0.1, 0.15) is 19.8 Å². The largest absolute Gasteiger partial charge is 0.481 e. The molecule has 0 aliphatic heterocycles. The minimum absolute atomic E-state index is 0.292. The van der Waals surface area contributed by atoms with Crippen LogP contribution in [-0.4, -0.2) is 16.3 Å². The molecule has 0 saturated carbocycles. The average molecular weight is 135 g/mol. The van der Waals surface area contributed by atoms with E-state index in [1.807, 2.05) is 6.92 Å². The third-order valence-corrected chi connectivity index (χ3v) is 0.464. The number of nitrogens with zero attached hydrogens (tertiary/aromatic N) is 1. The minimum Gasteiger partial charge on any atom is -0.481 e. The van der Waals surface area contributed by atoms with Crippen molar-refractivity contribution < 1.29 is 15.1 Å². The fraction of sp³-hybridized carbons (Fsp3) is 0.750. The fourth-order valence-electron chi connectivity index (χ4n) is 0.214. The van der Waals surface area contributed by atoms with Gasteiger partial charge in [0.1, 0.15) is 0 Å². The van der Waals surface area contributed by atoms with E-state index in [4.69, 9.17) is 15.2 Å². The highest BCUT2D eigenvalue weighted by Gasteiger charge is 1.87. The fourth-order valence-corrected chi connectivity index (χ4v) is 0.214. The lowest BCUT2D eigenvalue weighted by molar-refractivity contribution is -0.137. The quantitative estimate of drug-likeness (QED) is 0.437. The second kappa shape index (κ2) is 9.98. The number of carbonyl (C=O) groups is 1. The highest BCUT2D eigenvalue weighted by atomic mass is 16.6. The first-order chi connectivity index (χ1) is 4.18. The van der Waals surface area contributed by atoms with Gasteiger partial charge in [-0.3, -0.25) is 4.79 Å². The Morgan fingerprint density at radius 3 is 2.00 bits per heavy atom. The first kappa shape index (κ1) is 10.8. The summed E-state index contributed by atoms with van der Waals surface area (Å²) < 4.78 is 0. The van der Waals surface area contributed by atoms with E-state index in [-0.39, 0.29) is 0 Å². The smallest absolute Gasteiger partial charge is 0.303 e. The predicted molar refractivity (Wildman–Crippen MR) is 30.1 cm³/mol. The van der Waals surface area contributed by atoms with Gasteiger partial charge in [-0.2, -0.15) is 0 Å². The molecule has 0 bridgehead atoms. The number of aliphatic carboxylic acids is 1. The van der Waals surface area contributed by atoms with Gasteiger partial charge < -0.3 is 10.3 Å². The Hall–Kier alpha value is -1.13. The van der Waals surface area contributed by atoms with Crippen molar-refractivity contribution in [2.45, 2.75) is 19.8 Å². The van der Waals surface area contributed by atoms with Crippen LogP contribution in [0.25, 0.3) is 0 Å². The van der Waals surface area contributed by atoms with Crippen LogP contribution in [0.4, 0.5) is 0 Å². The Morgan fingerprint density at radius 1 is 1.67 bits per heavy atom. The van der Waals surface area contributed by atoms with Crippen molar-refractivity contribution in [3.63, 3.8) is 0 Å². The van der Waals surface area contributed by atoms with E-state index in [0.717, 1.165) is 6.42 Å². The molecule has 0 saturated heterocycles. The summed E-state index contributed by atoms with van der Waals surface area (Å²) in [6, 6.07) is 0. The third-order valence-electron chi connectivity index (χ3n) is 0.464. The summed E-state index contributed by atoms with van der Waals surface area (Å²) in [6.45, 7) is 1.84. The molecule has 5 nitrogen and oxygen atoms in total. The lowest BCUT2D eigenvalue weighted by Gasteiger charge is -1.79. The number of carboxylic acids is 1. The Balaban J connectivity index is 0. The molecule has 0 aliphatic carbocycles. The Morgan fingerprint density at radius 2 is 2.00 bits per heavy atom. The number of hydrogen-bond acceptors (Lipinski definition) is 3. The maximum Gasteiger partial charge on any atom is 0.303 e. The van der Waals surface area contributed by atoms with Gasteiger partial charge >= 0.3 is 5.97 Å². The monoisotopic (exact) mass is 135 g/mol. The first-order valence-electron chi connectivity index (χ1n) is 2.37. The van der Waals surface area contributed by atoms with Crippen molar-refractivity contribution in [2.75, 3.05) is 0 Å². The van der Waals surface area contributed by atoms with Gasteiger partial charge in [0.2, 0.25) is 0 Å². The van der Waals surface area contributed by atoms with E-state index in [1.165, 1.54) is 5.34 Å². The molecule has 0 spiro atoms. The molecule has 0 aromatic carbocycles. The van der Waals surface area contributed by atoms with Crippen LogP contribution in [0.5, 0.6) is 0 Å². The molecular formula is C4H9NO4. The summed E-state index contributed by atoms with van der Waals surface area (Å²) in [5.74, 6) is -0.711. The molecule has 0 heterocycles. The molecule has 0 aliphatic rings. The van der Waals surface area contributed by atoms with E-state index in [9.17, 15) is 4.79 Å². The third kappa shape index (κ3) is 46.6. The lowest BCUT2D eigenvalue weighted by Crippen LogP contribution is -1.90. The van der Waals surface area contributed by atoms with Crippen molar-refractivity contribution in [2.24, 2.45) is 5.34 Å². The summed E-state index contributed by atoms with van der Waals surface area (Å²) in [5.41, 5.74) is 0. The molecule has 2 N–H and O–H groups in total. The SMILES string of the molecule is CCCC(=O)O.O=NO. The van der Waals surface area contributed by atoms with Crippen molar-refractivity contribution in [3.8, 4) is 0 Å². The molecule has 0 amide bonds. The second-order valence-electron chi connectivity index (χ2n) is 1.23. The van der Waals surface area contributed by atoms with Crippen LogP contribution < -0.4 is 0 Å². The van der Waals surface area contributed by atoms with Crippen LogP contribution in [0, 0.1) is 4.91 Å². The maximum absolute atomic E-state index is 9.60. The van der Waals surface area contributed by atoms with Crippen molar-refractivity contribution in [1.29, 1.82) is 0 Å². The van der Waals surface area contributed by atoms with E-state index >= 15 is 0 Å². The normalized spacial score (nSPS) is 6.78. The van der Waals surface area contributed by atoms with Crippen LogP contribution in [0.3, 0.4) is 0 Å². The summed E-state index contributed by atoms with van der Waals surface area (Å²) >= 11 is 0. The molecule has 0 fully saturated rings. The molecule has 0 rings (SSSR count). The molecule has 0 aromatic rings. The van der Waals surface area contributed by atoms with Crippen molar-refractivity contribution in [3.05, 3.63) is 4.91 Å². The zero-order valence-corrected chi connectivity index (χ0v) is 5.07. The molecule has 5 heteroatoms. The zero-order valence-electron chi connectivity index (χ0n) is 5.07. The molecule has 0 atom stereocenters. The predicted octanol–water partition coefficient (Wildman–Crippen LogP) is 1.01. The van der Waals surface area contributed by atoms with Gasteiger partial charge in [0.05, 0.1) is 0 Å². The maximum atomic E-state index is 9.60. The summed E-state index contributed by atoms with van der Waals surface area (Å²) in [5, 5.41) is 15.8. The highest BCUT2D eigenvalue weighted by molar-refractivity contribution is 5.66. The average Bonchev–Trinajstić information content (AvgIpc) is 1.67. The van der Waals surface area contributed by atoms with E-state index in [0.29, 0.717) is 6.42 Å². The Kier molecular flexibility index (Phi) is 12.0. The number of carboxylic acid groups (broad SMARTS) is 1. The van der Waals surface area contributed by atoms with Crippen LogP contribution in [0.15, 0.2) is 5.34 Å². The molecule has 0 unspecified atom stereocenters. The van der Waals surface area contributed by atoms with Crippen LogP contribution in [-0.2, 0) is 4.79 Å². The van der Waals surface area contributed by atoms with Gasteiger partial charge in [-0.15, -0.1) is 4.91 Å². The second-order valence-corrected chi connectivity index (χ2v) is 1.23. The summed E-state index contributed by atoms with van der Waals surface area (Å²) in [7, 11) is 0. The van der Waals surface area contributed by atoms with E-state index in [2.05, 4.69) is 0 Å². The molecule has 54 valence electrons. The molecular weight excluding hydrogens is 126 g/mol. The van der Waals surface area contributed by atoms with Gasteiger partial charge in [0.25, 0.3) is 0 Å². The number of rotatable bonds is 2. The highest BCUT2D eigenvalue weighted by Crippen LogP contribution is 1.82. The number of hydrogen-bond donors (Lipinski definition) is 2. The van der Waals surface area contributed by atoms with Crippen molar-refractivity contribution >= 4 is 5.97 Å². The minimum atomic E-state index is -0.711. The van der Waals surface area contributed by atoms with Gasteiger partial charge in [-0.05, 0) is 6.42 Å². The topological polar surface area (TPSA) is 87.0 Å². The van der Waals surface area contributed by atoms with E-state index in [1.54, 1.807) is 0 Å². The summed E-state index contributed by atoms with van der Waals surface area (Å²) in [4.78, 5) is 17.7. The lowest BCUT2D eigenvalue weighted by atomic mass is 10.4. The van der Waals surface area contributed by atoms with Gasteiger partial charge in [0, 0.05) is 6.42 Å². The van der Waals surface area contributed by atoms with Crippen LogP contribution >= 0.6 is 0 Å². The molecule has 9 heavy (non-hydrogen) atoms. The van der Waals surface area contributed by atoms with E-state index < -0.39 is 5.97 Å². The molecule has 0 aromatic heterocycles. The van der Waals surface area contributed by atoms with Gasteiger partial charge in [-0.25, -0.2) is 0 Å². The Labute approximate surface area is 52.2 Å². The standard InChI is InChI=1S/C4H8O2.HNO2/c1-2-3-4(5)6;2-1-3/h2-3H2,1H3,(H,5,6);(H,2,3). The first-order valence-corrected chi connectivity index (χ1v) is 2.37. The zero-order chi connectivity index (χ0) is 7.70. The summed E-state index contributed by atoms with van der Waals surface area (Å²) in [6.07, 6.45) is 1.02. The Bertz CT molecular complexity index is 82.6.